The van der Waals surface area contributed by atoms with Gasteiger partial charge >= 0.3 is 5.97 Å². The molecule has 0 aliphatic carbocycles. The molecule has 7 heteroatoms. The first-order valence-electron chi connectivity index (χ1n) is 8.04. The highest BCUT2D eigenvalue weighted by Crippen LogP contribution is 2.32. The van der Waals surface area contributed by atoms with Gasteiger partial charge in [0.05, 0.1) is 18.1 Å². The van der Waals surface area contributed by atoms with Crippen molar-refractivity contribution in [3.05, 3.63) is 34.7 Å². The van der Waals surface area contributed by atoms with Crippen molar-refractivity contribution in [3.8, 4) is 5.75 Å². The van der Waals surface area contributed by atoms with Crippen LogP contribution >= 0.6 is 11.8 Å². The van der Waals surface area contributed by atoms with Gasteiger partial charge in [-0.25, -0.2) is 0 Å². The van der Waals surface area contributed by atoms with Crippen LogP contribution in [0.5, 0.6) is 5.75 Å². The van der Waals surface area contributed by atoms with Gasteiger partial charge in [0.25, 0.3) is 11.1 Å². The summed E-state index contributed by atoms with van der Waals surface area (Å²) in [5.74, 6) is -0.196. The van der Waals surface area contributed by atoms with Gasteiger partial charge in [0.1, 0.15) is 12.3 Å². The number of thioether (sulfide) groups is 1. The van der Waals surface area contributed by atoms with Crippen molar-refractivity contribution in [2.75, 3.05) is 19.8 Å². The van der Waals surface area contributed by atoms with Crippen molar-refractivity contribution in [2.45, 2.75) is 20.8 Å². The minimum atomic E-state index is -0.587. The van der Waals surface area contributed by atoms with Crippen LogP contribution in [0.15, 0.2) is 29.2 Å². The van der Waals surface area contributed by atoms with Crippen molar-refractivity contribution in [3.63, 3.8) is 0 Å². The molecule has 1 aliphatic rings. The Morgan fingerprint density at radius 1 is 1.32 bits per heavy atom. The molecule has 0 radical (unpaired) electrons. The number of hydrogen-bond donors (Lipinski definition) is 0. The van der Waals surface area contributed by atoms with Crippen LogP contribution in [0.2, 0.25) is 0 Å². The summed E-state index contributed by atoms with van der Waals surface area (Å²) in [6.45, 7) is 6.14. The SMILES string of the molecule is CCOc1cccc(C=C2SC(=O)N(CC(=O)OCC(C)C)C2=O)c1. The molecule has 2 amide bonds. The molecule has 0 atom stereocenters. The fourth-order valence-corrected chi connectivity index (χ4v) is 2.92. The van der Waals surface area contributed by atoms with E-state index in [-0.39, 0.29) is 24.0 Å². The first-order valence-corrected chi connectivity index (χ1v) is 8.86. The van der Waals surface area contributed by atoms with E-state index < -0.39 is 17.1 Å². The predicted octanol–water partition coefficient (Wildman–Crippen LogP) is 3.32. The van der Waals surface area contributed by atoms with Crippen LogP contribution in [0.4, 0.5) is 4.79 Å². The van der Waals surface area contributed by atoms with Gasteiger partial charge in [-0.15, -0.1) is 0 Å². The average Bonchev–Trinajstić information content (AvgIpc) is 2.81. The number of carbonyl (C=O) groups is 3. The Morgan fingerprint density at radius 2 is 2.08 bits per heavy atom. The maximum absolute atomic E-state index is 12.4. The molecule has 1 aromatic rings. The van der Waals surface area contributed by atoms with E-state index in [2.05, 4.69) is 0 Å². The second-order valence-corrected chi connectivity index (χ2v) is 6.84. The smallest absolute Gasteiger partial charge is 0.326 e. The van der Waals surface area contributed by atoms with Gasteiger partial charge in [0, 0.05) is 0 Å². The third-order valence-electron chi connectivity index (χ3n) is 3.21. The van der Waals surface area contributed by atoms with Gasteiger partial charge in [-0.05, 0) is 48.4 Å². The van der Waals surface area contributed by atoms with Crippen LogP contribution in [0.3, 0.4) is 0 Å². The number of nitrogens with zero attached hydrogens (tertiary/aromatic N) is 1. The van der Waals surface area contributed by atoms with E-state index in [1.165, 1.54) is 0 Å². The summed E-state index contributed by atoms with van der Waals surface area (Å²) in [6.07, 6.45) is 1.62. The summed E-state index contributed by atoms with van der Waals surface area (Å²) in [5.41, 5.74) is 0.749. The van der Waals surface area contributed by atoms with E-state index in [0.717, 1.165) is 22.2 Å². The lowest BCUT2D eigenvalue weighted by Crippen LogP contribution is -2.34. The number of rotatable bonds is 7. The summed E-state index contributed by atoms with van der Waals surface area (Å²) in [5, 5.41) is -0.473. The molecule has 0 bridgehead atoms. The predicted molar refractivity (Wildman–Crippen MR) is 96.1 cm³/mol. The molecule has 6 nitrogen and oxygen atoms in total. The van der Waals surface area contributed by atoms with Crippen molar-refractivity contribution < 1.29 is 23.9 Å². The van der Waals surface area contributed by atoms with Crippen molar-refractivity contribution in [2.24, 2.45) is 5.92 Å². The minimum Gasteiger partial charge on any atom is -0.494 e. The molecule has 1 aromatic carbocycles. The summed E-state index contributed by atoms with van der Waals surface area (Å²) in [6, 6.07) is 7.23. The first-order chi connectivity index (χ1) is 11.9. The third kappa shape index (κ3) is 5.35. The minimum absolute atomic E-state index is 0.191. The Hall–Kier alpha value is -2.28. The molecule has 0 unspecified atom stereocenters. The van der Waals surface area contributed by atoms with Crippen LogP contribution in [0.25, 0.3) is 6.08 Å². The summed E-state index contributed by atoms with van der Waals surface area (Å²) in [7, 11) is 0. The largest absolute Gasteiger partial charge is 0.494 e. The Balaban J connectivity index is 2.07. The lowest BCUT2D eigenvalue weighted by Gasteiger charge is -2.12. The Labute approximate surface area is 151 Å². The Bertz CT molecular complexity index is 698. The molecular weight excluding hydrogens is 342 g/mol. The van der Waals surface area contributed by atoms with E-state index in [0.29, 0.717) is 12.4 Å². The molecule has 1 fully saturated rings. The number of imide groups is 1. The number of carbonyl (C=O) groups excluding carboxylic acids is 3. The maximum atomic E-state index is 12.4. The van der Waals surface area contributed by atoms with E-state index in [1.807, 2.05) is 39.0 Å². The standard InChI is InChI=1S/C18H21NO5S/c1-4-23-14-7-5-6-13(8-14)9-15-17(21)19(18(22)25-15)10-16(20)24-11-12(2)3/h5-9,12H,4,10-11H2,1-3H3. The highest BCUT2D eigenvalue weighted by atomic mass is 32.2. The van der Waals surface area contributed by atoms with Crippen LogP contribution < -0.4 is 4.74 Å². The lowest BCUT2D eigenvalue weighted by atomic mass is 10.2. The van der Waals surface area contributed by atoms with Crippen molar-refractivity contribution >= 4 is 35.0 Å². The number of benzene rings is 1. The van der Waals surface area contributed by atoms with Gasteiger partial charge in [-0.1, -0.05) is 26.0 Å². The summed E-state index contributed by atoms with van der Waals surface area (Å²) >= 11 is 0.812. The quantitative estimate of drug-likeness (QED) is 0.547. The molecule has 1 heterocycles. The number of hydrogen-bond acceptors (Lipinski definition) is 6. The molecular formula is C18H21NO5S. The maximum Gasteiger partial charge on any atom is 0.326 e. The van der Waals surface area contributed by atoms with Gasteiger partial charge < -0.3 is 9.47 Å². The van der Waals surface area contributed by atoms with Crippen LogP contribution in [-0.2, 0) is 14.3 Å². The fourth-order valence-electron chi connectivity index (χ4n) is 2.08. The second-order valence-electron chi connectivity index (χ2n) is 5.85. The van der Waals surface area contributed by atoms with Crippen molar-refractivity contribution in [1.29, 1.82) is 0 Å². The average molecular weight is 363 g/mol. The summed E-state index contributed by atoms with van der Waals surface area (Å²) in [4.78, 5) is 37.3. The normalized spacial score (nSPS) is 16.0. The molecule has 25 heavy (non-hydrogen) atoms. The van der Waals surface area contributed by atoms with E-state index in [4.69, 9.17) is 9.47 Å². The van der Waals surface area contributed by atoms with Gasteiger partial charge in [-0.3, -0.25) is 19.3 Å². The Morgan fingerprint density at radius 3 is 2.76 bits per heavy atom. The molecule has 1 saturated heterocycles. The fraction of sp³-hybridized carbons (Fsp3) is 0.389. The van der Waals surface area contributed by atoms with Crippen LogP contribution in [-0.4, -0.2) is 41.8 Å². The molecule has 0 aromatic heterocycles. The zero-order valence-corrected chi connectivity index (χ0v) is 15.3. The monoisotopic (exact) mass is 363 g/mol. The second kappa shape index (κ2) is 8.71. The molecule has 0 saturated carbocycles. The first kappa shape index (κ1) is 19.1. The molecule has 1 aliphatic heterocycles. The molecule has 2 rings (SSSR count). The van der Waals surface area contributed by atoms with Gasteiger partial charge in [0.15, 0.2) is 0 Å². The van der Waals surface area contributed by atoms with Gasteiger partial charge in [-0.2, -0.15) is 0 Å². The zero-order chi connectivity index (χ0) is 18.4. The Kier molecular flexibility index (Phi) is 6.64. The van der Waals surface area contributed by atoms with Gasteiger partial charge in [0.2, 0.25) is 0 Å². The van der Waals surface area contributed by atoms with E-state index >= 15 is 0 Å². The highest BCUT2D eigenvalue weighted by Gasteiger charge is 2.36. The summed E-state index contributed by atoms with van der Waals surface area (Å²) < 4.78 is 10.4. The van der Waals surface area contributed by atoms with E-state index in [1.54, 1.807) is 12.1 Å². The highest BCUT2D eigenvalue weighted by molar-refractivity contribution is 8.18. The third-order valence-corrected chi connectivity index (χ3v) is 4.11. The topological polar surface area (TPSA) is 72.9 Å². The van der Waals surface area contributed by atoms with Crippen LogP contribution in [0.1, 0.15) is 26.3 Å². The number of ether oxygens (including phenoxy) is 2. The lowest BCUT2D eigenvalue weighted by molar-refractivity contribution is -0.147. The van der Waals surface area contributed by atoms with Crippen LogP contribution in [0, 0.1) is 5.92 Å². The zero-order valence-electron chi connectivity index (χ0n) is 14.5. The van der Waals surface area contributed by atoms with Crippen molar-refractivity contribution in [1.82, 2.24) is 4.90 Å². The number of esters is 1. The number of amides is 2. The molecule has 0 spiro atoms. The van der Waals surface area contributed by atoms with E-state index in [9.17, 15) is 14.4 Å². The molecule has 134 valence electrons. The molecule has 0 N–H and O–H groups in total.